The van der Waals surface area contributed by atoms with E-state index in [1.807, 2.05) is 7.05 Å². The molecule has 0 heterocycles. The molecule has 0 aromatic rings. The van der Waals surface area contributed by atoms with Crippen LogP contribution in [0, 0.1) is 0 Å². The summed E-state index contributed by atoms with van der Waals surface area (Å²) in [4.78, 5) is 11.1. The minimum Gasteiger partial charge on any atom is -0.355 e. The van der Waals surface area contributed by atoms with Crippen LogP contribution >= 0.6 is 0 Å². The van der Waals surface area contributed by atoms with E-state index in [0.717, 1.165) is 19.5 Å². The van der Waals surface area contributed by atoms with Crippen molar-refractivity contribution >= 4 is 5.91 Å². The quantitative estimate of drug-likeness (QED) is 0.561. The van der Waals surface area contributed by atoms with Gasteiger partial charge in [0.25, 0.3) is 0 Å². The van der Waals surface area contributed by atoms with Crippen LogP contribution in [0.2, 0.25) is 0 Å². The van der Waals surface area contributed by atoms with Gasteiger partial charge in [-0.05, 0) is 13.5 Å². The number of nitrogens with one attached hydrogen (secondary N) is 2. The third-order valence-corrected chi connectivity index (χ3v) is 1.95. The van der Waals surface area contributed by atoms with E-state index in [0.29, 0.717) is 6.42 Å². The molecule has 0 radical (unpaired) electrons. The average molecular weight is 186 g/mol. The molecule has 0 bridgehead atoms. The molecular weight excluding hydrogens is 164 g/mol. The van der Waals surface area contributed by atoms with E-state index in [4.69, 9.17) is 0 Å². The molecule has 13 heavy (non-hydrogen) atoms. The van der Waals surface area contributed by atoms with Gasteiger partial charge in [-0.2, -0.15) is 0 Å². The second kappa shape index (κ2) is 9.52. The Morgan fingerprint density at radius 2 is 1.92 bits per heavy atom. The van der Waals surface area contributed by atoms with Crippen molar-refractivity contribution in [2.75, 3.05) is 20.1 Å². The van der Waals surface area contributed by atoms with Gasteiger partial charge in [-0.25, -0.2) is 0 Å². The number of unbranched alkanes of at least 4 members (excludes halogenated alkanes) is 3. The molecule has 0 rings (SSSR count). The van der Waals surface area contributed by atoms with Crippen molar-refractivity contribution in [3.8, 4) is 0 Å². The summed E-state index contributed by atoms with van der Waals surface area (Å²) in [7, 11) is 1.88. The van der Waals surface area contributed by atoms with E-state index < -0.39 is 0 Å². The molecule has 0 saturated carbocycles. The molecule has 0 aromatic carbocycles. The number of likely N-dealkylation sites (N-methyl/N-ethyl adjacent to an activating group) is 1. The Bertz CT molecular complexity index is 126. The Balaban J connectivity index is 3.11. The van der Waals surface area contributed by atoms with Crippen LogP contribution in [-0.4, -0.2) is 26.0 Å². The Morgan fingerprint density at radius 3 is 2.54 bits per heavy atom. The standard InChI is InChI=1S/C10H22N2O/c1-3-4-5-6-7-10(13)12-9-8-11-2/h11H,3-9H2,1-2H3,(H,12,13). The first kappa shape index (κ1) is 12.4. The second-order valence-corrected chi connectivity index (χ2v) is 3.26. The fourth-order valence-electron chi connectivity index (χ4n) is 1.13. The molecule has 0 unspecified atom stereocenters. The largest absolute Gasteiger partial charge is 0.355 e. The van der Waals surface area contributed by atoms with Crippen LogP contribution in [0.25, 0.3) is 0 Å². The van der Waals surface area contributed by atoms with E-state index in [1.165, 1.54) is 19.3 Å². The lowest BCUT2D eigenvalue weighted by molar-refractivity contribution is -0.121. The van der Waals surface area contributed by atoms with Gasteiger partial charge in [0.15, 0.2) is 0 Å². The molecule has 3 nitrogen and oxygen atoms in total. The Morgan fingerprint density at radius 1 is 1.15 bits per heavy atom. The zero-order chi connectivity index (χ0) is 9.94. The number of hydrogen-bond acceptors (Lipinski definition) is 2. The van der Waals surface area contributed by atoms with Crippen molar-refractivity contribution in [1.29, 1.82) is 0 Å². The number of rotatable bonds is 8. The van der Waals surface area contributed by atoms with Crippen LogP contribution in [0.3, 0.4) is 0 Å². The van der Waals surface area contributed by atoms with Crippen LogP contribution in [-0.2, 0) is 4.79 Å². The Hall–Kier alpha value is -0.570. The molecule has 0 aliphatic heterocycles. The minimum absolute atomic E-state index is 0.186. The van der Waals surface area contributed by atoms with Crippen molar-refractivity contribution in [1.82, 2.24) is 10.6 Å². The molecule has 0 spiro atoms. The fourth-order valence-corrected chi connectivity index (χ4v) is 1.13. The topological polar surface area (TPSA) is 41.1 Å². The predicted molar refractivity (Wildman–Crippen MR) is 55.7 cm³/mol. The monoisotopic (exact) mass is 186 g/mol. The predicted octanol–water partition coefficient (Wildman–Crippen LogP) is 1.29. The van der Waals surface area contributed by atoms with Gasteiger partial charge in [0.1, 0.15) is 0 Å². The number of carbonyl (C=O) groups excluding carboxylic acids is 1. The molecule has 0 fully saturated rings. The van der Waals surface area contributed by atoms with E-state index in [1.54, 1.807) is 0 Å². The average Bonchev–Trinajstić information content (AvgIpc) is 2.13. The van der Waals surface area contributed by atoms with Gasteiger partial charge in [0.05, 0.1) is 0 Å². The smallest absolute Gasteiger partial charge is 0.220 e. The lowest BCUT2D eigenvalue weighted by Gasteiger charge is -2.03. The normalized spacial score (nSPS) is 10.0. The van der Waals surface area contributed by atoms with Crippen molar-refractivity contribution in [3.63, 3.8) is 0 Å². The second-order valence-electron chi connectivity index (χ2n) is 3.26. The lowest BCUT2D eigenvalue weighted by atomic mass is 10.1. The highest BCUT2D eigenvalue weighted by molar-refractivity contribution is 5.75. The van der Waals surface area contributed by atoms with Crippen LogP contribution in [0.1, 0.15) is 39.0 Å². The maximum atomic E-state index is 11.1. The van der Waals surface area contributed by atoms with Crippen LogP contribution in [0.4, 0.5) is 0 Å². The van der Waals surface area contributed by atoms with E-state index in [9.17, 15) is 4.79 Å². The highest BCUT2D eigenvalue weighted by atomic mass is 16.1. The van der Waals surface area contributed by atoms with E-state index in [2.05, 4.69) is 17.6 Å². The first-order valence-electron chi connectivity index (χ1n) is 5.22. The lowest BCUT2D eigenvalue weighted by Crippen LogP contribution is -2.30. The maximum Gasteiger partial charge on any atom is 0.220 e. The Labute approximate surface area is 81.3 Å². The molecule has 3 heteroatoms. The summed E-state index contributed by atoms with van der Waals surface area (Å²) in [5, 5.41) is 5.84. The summed E-state index contributed by atoms with van der Waals surface area (Å²) in [6, 6.07) is 0. The van der Waals surface area contributed by atoms with Gasteiger partial charge in [0, 0.05) is 19.5 Å². The van der Waals surface area contributed by atoms with E-state index in [-0.39, 0.29) is 5.91 Å². The maximum absolute atomic E-state index is 11.1. The van der Waals surface area contributed by atoms with Crippen LogP contribution < -0.4 is 10.6 Å². The highest BCUT2D eigenvalue weighted by Crippen LogP contribution is 2.01. The molecule has 1 amide bonds. The summed E-state index contributed by atoms with van der Waals surface area (Å²) in [6.07, 6.45) is 5.35. The van der Waals surface area contributed by atoms with Gasteiger partial charge in [-0.15, -0.1) is 0 Å². The molecule has 2 N–H and O–H groups in total. The summed E-state index contributed by atoms with van der Waals surface area (Å²) >= 11 is 0. The molecule has 0 aliphatic carbocycles. The first-order valence-corrected chi connectivity index (χ1v) is 5.22. The third kappa shape index (κ3) is 9.34. The fraction of sp³-hybridized carbons (Fsp3) is 0.900. The molecule has 0 aromatic heterocycles. The number of amides is 1. The minimum atomic E-state index is 0.186. The Kier molecular flexibility index (Phi) is 9.10. The van der Waals surface area contributed by atoms with Gasteiger partial charge < -0.3 is 10.6 Å². The first-order chi connectivity index (χ1) is 6.31. The zero-order valence-corrected chi connectivity index (χ0v) is 8.86. The van der Waals surface area contributed by atoms with E-state index >= 15 is 0 Å². The molecule has 78 valence electrons. The number of carbonyl (C=O) groups is 1. The zero-order valence-electron chi connectivity index (χ0n) is 8.86. The van der Waals surface area contributed by atoms with Crippen molar-refractivity contribution in [3.05, 3.63) is 0 Å². The number of hydrogen-bond donors (Lipinski definition) is 2. The van der Waals surface area contributed by atoms with Gasteiger partial charge in [0.2, 0.25) is 5.91 Å². The van der Waals surface area contributed by atoms with Crippen molar-refractivity contribution < 1.29 is 4.79 Å². The highest BCUT2D eigenvalue weighted by Gasteiger charge is 1.98. The molecule has 0 aliphatic rings. The van der Waals surface area contributed by atoms with Crippen LogP contribution in [0.5, 0.6) is 0 Å². The van der Waals surface area contributed by atoms with Gasteiger partial charge in [-0.3, -0.25) is 4.79 Å². The summed E-state index contributed by atoms with van der Waals surface area (Å²) in [5.41, 5.74) is 0. The molecular formula is C10H22N2O. The van der Waals surface area contributed by atoms with Crippen LogP contribution in [0.15, 0.2) is 0 Å². The SMILES string of the molecule is CCCCCCC(=O)NCCNC. The van der Waals surface area contributed by atoms with Crippen molar-refractivity contribution in [2.45, 2.75) is 39.0 Å². The summed E-state index contributed by atoms with van der Waals surface area (Å²) < 4.78 is 0. The van der Waals surface area contributed by atoms with Gasteiger partial charge in [-0.1, -0.05) is 26.2 Å². The van der Waals surface area contributed by atoms with Crippen molar-refractivity contribution in [2.24, 2.45) is 0 Å². The third-order valence-electron chi connectivity index (χ3n) is 1.95. The summed E-state index contributed by atoms with van der Waals surface area (Å²) in [6.45, 7) is 3.76. The molecule has 0 atom stereocenters. The summed E-state index contributed by atoms with van der Waals surface area (Å²) in [5.74, 6) is 0.186. The molecule has 0 saturated heterocycles. The van der Waals surface area contributed by atoms with Gasteiger partial charge >= 0.3 is 0 Å².